The third kappa shape index (κ3) is 5.09. The number of rotatable bonds is 7. The molecule has 3 heteroatoms. The molecule has 88 valence electrons. The van der Waals surface area contributed by atoms with E-state index in [0.717, 1.165) is 18.4 Å². The van der Waals surface area contributed by atoms with Crippen molar-refractivity contribution in [2.75, 3.05) is 13.8 Å². The largest absolute Gasteiger partial charge is 0.375 e. The summed E-state index contributed by atoms with van der Waals surface area (Å²) in [5.41, 5.74) is 6.57. The Kier molecular flexibility index (Phi) is 8.24. The molecule has 2 atom stereocenters. The summed E-state index contributed by atoms with van der Waals surface area (Å²) in [7, 11) is 1.55. The molecule has 0 aliphatic rings. The molecule has 0 aliphatic carbocycles. The predicted molar refractivity (Wildman–Crippen MR) is 62.6 cm³/mol. The average Bonchev–Trinajstić information content (AvgIpc) is 2.27. The number of hydrogen-bond acceptors (Lipinski definition) is 2. The molecule has 0 aliphatic heterocycles. The highest BCUT2D eigenvalue weighted by molar-refractivity contribution is 5.24. The molecular weight excluding hydrogens is 193 g/mol. The summed E-state index contributed by atoms with van der Waals surface area (Å²) in [5.74, 6) is 0. The van der Waals surface area contributed by atoms with Gasteiger partial charge in [0.15, 0.2) is 0 Å². The maximum Gasteiger partial charge on any atom is 0.107 e. The van der Waals surface area contributed by atoms with Crippen molar-refractivity contribution in [3.63, 3.8) is 0 Å². The summed E-state index contributed by atoms with van der Waals surface area (Å²) in [4.78, 5) is 0. The van der Waals surface area contributed by atoms with Gasteiger partial charge in [-0.05, 0) is 18.9 Å². The highest BCUT2D eigenvalue weighted by Crippen LogP contribution is 2.12. The fraction of sp³-hybridized carbons (Fsp3) is 0.667. The number of alkyl halides is 1. The van der Waals surface area contributed by atoms with Crippen molar-refractivity contribution in [2.45, 2.75) is 38.8 Å². The van der Waals surface area contributed by atoms with Gasteiger partial charge in [-0.2, -0.15) is 0 Å². The van der Waals surface area contributed by atoms with Crippen LogP contribution in [0.2, 0.25) is 0 Å². The second-order valence-electron chi connectivity index (χ2n) is 3.45. The fourth-order valence-electron chi connectivity index (χ4n) is 1.38. The van der Waals surface area contributed by atoms with Gasteiger partial charge in [0.05, 0.1) is 12.1 Å². The number of hydrogen-bond donors (Lipinski definition) is 1. The van der Waals surface area contributed by atoms with Gasteiger partial charge in [0.25, 0.3) is 0 Å². The van der Waals surface area contributed by atoms with Gasteiger partial charge in [-0.25, -0.2) is 4.39 Å². The van der Waals surface area contributed by atoms with Gasteiger partial charge in [0.2, 0.25) is 0 Å². The molecule has 0 aromatic rings. The maximum absolute atomic E-state index is 12.5. The average molecular weight is 215 g/mol. The molecule has 0 aromatic heterocycles. The summed E-state index contributed by atoms with van der Waals surface area (Å²) >= 11 is 0. The molecule has 0 amide bonds. The summed E-state index contributed by atoms with van der Waals surface area (Å²) < 4.78 is 17.7. The van der Waals surface area contributed by atoms with Crippen LogP contribution in [0.1, 0.15) is 26.7 Å². The number of unbranched alkanes of at least 4 members (excludes halogenated alkanes) is 1. The first-order valence-corrected chi connectivity index (χ1v) is 5.38. The lowest BCUT2D eigenvalue weighted by molar-refractivity contribution is 0.102. The van der Waals surface area contributed by atoms with Crippen LogP contribution in [0, 0.1) is 0 Å². The first-order chi connectivity index (χ1) is 7.21. The van der Waals surface area contributed by atoms with Gasteiger partial charge < -0.3 is 10.5 Å². The van der Waals surface area contributed by atoms with E-state index in [1.54, 1.807) is 7.11 Å². The molecule has 0 saturated carbocycles. The Morgan fingerprint density at radius 3 is 2.60 bits per heavy atom. The predicted octanol–water partition coefficient (Wildman–Crippen LogP) is 2.60. The second-order valence-corrected chi connectivity index (χ2v) is 3.45. The van der Waals surface area contributed by atoms with Gasteiger partial charge in [-0.15, -0.1) is 0 Å². The van der Waals surface area contributed by atoms with Crippen LogP contribution in [0.15, 0.2) is 23.8 Å². The zero-order chi connectivity index (χ0) is 11.7. The molecule has 0 heterocycles. The molecule has 0 fully saturated rings. The zero-order valence-electron chi connectivity index (χ0n) is 9.87. The standard InChI is InChI=1S/C12H22FNO/c1-4-6-7-8-10(5-2)12(15-3)11(14)9-13/h5,7-8,11-12H,4,6,9,14H2,1-3H3/b8-7-,10-5+. The number of nitrogens with two attached hydrogens (primary N) is 1. The molecule has 0 rings (SSSR count). The second kappa shape index (κ2) is 8.62. The van der Waals surface area contributed by atoms with Crippen molar-refractivity contribution in [3.05, 3.63) is 23.8 Å². The molecule has 0 aromatic carbocycles. The number of methoxy groups -OCH3 is 1. The minimum absolute atomic E-state index is 0.354. The van der Waals surface area contributed by atoms with E-state index in [4.69, 9.17) is 10.5 Å². The van der Waals surface area contributed by atoms with E-state index >= 15 is 0 Å². The van der Waals surface area contributed by atoms with Crippen LogP contribution in [0.5, 0.6) is 0 Å². The Labute approximate surface area is 92.0 Å². The van der Waals surface area contributed by atoms with E-state index in [1.165, 1.54) is 0 Å². The minimum Gasteiger partial charge on any atom is -0.375 e. The lowest BCUT2D eigenvalue weighted by atomic mass is 10.0. The first kappa shape index (κ1) is 14.3. The Balaban J connectivity index is 4.49. The van der Waals surface area contributed by atoms with Crippen molar-refractivity contribution in [2.24, 2.45) is 5.73 Å². The maximum atomic E-state index is 12.5. The fourth-order valence-corrected chi connectivity index (χ4v) is 1.38. The highest BCUT2D eigenvalue weighted by Gasteiger charge is 2.19. The Bertz CT molecular complexity index is 214. The summed E-state index contributed by atoms with van der Waals surface area (Å²) in [6.07, 6.45) is 7.70. The van der Waals surface area contributed by atoms with Crippen molar-refractivity contribution >= 4 is 0 Å². The third-order valence-electron chi connectivity index (χ3n) is 2.25. The monoisotopic (exact) mass is 215 g/mol. The van der Waals surface area contributed by atoms with E-state index in [1.807, 2.05) is 19.1 Å². The number of ether oxygens (including phenoxy) is 1. The summed E-state index contributed by atoms with van der Waals surface area (Å²) in [6.45, 7) is 3.45. The van der Waals surface area contributed by atoms with Crippen LogP contribution in [0.3, 0.4) is 0 Å². The minimum atomic E-state index is -0.590. The topological polar surface area (TPSA) is 35.2 Å². The van der Waals surface area contributed by atoms with Crippen molar-refractivity contribution < 1.29 is 9.13 Å². The van der Waals surface area contributed by atoms with Crippen LogP contribution in [0.25, 0.3) is 0 Å². The third-order valence-corrected chi connectivity index (χ3v) is 2.25. The van der Waals surface area contributed by atoms with Gasteiger partial charge in [-0.1, -0.05) is 31.6 Å². The highest BCUT2D eigenvalue weighted by atomic mass is 19.1. The molecule has 0 spiro atoms. The first-order valence-electron chi connectivity index (χ1n) is 5.38. The quantitative estimate of drug-likeness (QED) is 0.662. The SMILES string of the molecule is C/C=C(\C=C/CCC)C(OC)C(N)CF. The van der Waals surface area contributed by atoms with Crippen molar-refractivity contribution in [1.82, 2.24) is 0 Å². The van der Waals surface area contributed by atoms with E-state index in [9.17, 15) is 4.39 Å². The Morgan fingerprint density at radius 1 is 1.53 bits per heavy atom. The molecule has 15 heavy (non-hydrogen) atoms. The van der Waals surface area contributed by atoms with Gasteiger partial charge in [0, 0.05) is 7.11 Å². The smallest absolute Gasteiger partial charge is 0.107 e. The molecule has 2 nitrogen and oxygen atoms in total. The molecule has 0 bridgehead atoms. The van der Waals surface area contributed by atoms with Gasteiger partial charge in [-0.3, -0.25) is 0 Å². The molecular formula is C12H22FNO. The summed E-state index contributed by atoms with van der Waals surface area (Å²) in [5, 5.41) is 0. The summed E-state index contributed by atoms with van der Waals surface area (Å²) in [6, 6.07) is -0.590. The molecule has 2 unspecified atom stereocenters. The van der Waals surface area contributed by atoms with Crippen LogP contribution in [-0.2, 0) is 4.74 Å². The van der Waals surface area contributed by atoms with Gasteiger partial charge in [0.1, 0.15) is 6.67 Å². The number of allylic oxidation sites excluding steroid dienone is 2. The van der Waals surface area contributed by atoms with Gasteiger partial charge >= 0.3 is 0 Å². The van der Waals surface area contributed by atoms with E-state index in [-0.39, 0.29) is 6.10 Å². The van der Waals surface area contributed by atoms with Crippen LogP contribution >= 0.6 is 0 Å². The molecule has 0 saturated heterocycles. The normalized spacial score (nSPS) is 17.0. The Morgan fingerprint density at radius 2 is 2.20 bits per heavy atom. The van der Waals surface area contributed by atoms with E-state index in [0.29, 0.717) is 0 Å². The molecule has 2 N–H and O–H groups in total. The Hall–Kier alpha value is -0.670. The van der Waals surface area contributed by atoms with Crippen LogP contribution in [0.4, 0.5) is 4.39 Å². The lowest BCUT2D eigenvalue weighted by Gasteiger charge is -2.21. The van der Waals surface area contributed by atoms with Crippen LogP contribution in [-0.4, -0.2) is 25.9 Å². The molecule has 0 radical (unpaired) electrons. The number of halogens is 1. The van der Waals surface area contributed by atoms with Crippen molar-refractivity contribution in [1.29, 1.82) is 0 Å². The van der Waals surface area contributed by atoms with Crippen molar-refractivity contribution in [3.8, 4) is 0 Å². The lowest BCUT2D eigenvalue weighted by Crippen LogP contribution is -2.38. The zero-order valence-corrected chi connectivity index (χ0v) is 9.87. The van der Waals surface area contributed by atoms with E-state index < -0.39 is 12.7 Å². The van der Waals surface area contributed by atoms with E-state index in [2.05, 4.69) is 13.0 Å². The van der Waals surface area contributed by atoms with Crippen LogP contribution < -0.4 is 5.73 Å².